The van der Waals surface area contributed by atoms with Gasteiger partial charge in [0, 0.05) is 24.6 Å². The summed E-state index contributed by atoms with van der Waals surface area (Å²) in [5.41, 5.74) is 3.59. The molecule has 0 radical (unpaired) electrons. The number of rotatable bonds is 8. The van der Waals surface area contributed by atoms with Crippen LogP contribution in [0, 0.1) is 0 Å². The smallest absolute Gasteiger partial charge is 0.343 e. The van der Waals surface area contributed by atoms with Gasteiger partial charge < -0.3 is 19.5 Å². The predicted molar refractivity (Wildman–Crippen MR) is 132 cm³/mol. The van der Waals surface area contributed by atoms with Crippen LogP contribution in [0.4, 0.5) is 5.95 Å². The fourth-order valence-electron chi connectivity index (χ4n) is 4.96. The molecule has 1 aliphatic carbocycles. The number of pyridine rings is 1. The number of aryl methyl sites for hydroxylation is 2. The van der Waals surface area contributed by atoms with Crippen molar-refractivity contribution in [2.45, 2.75) is 45.4 Å². The SMILES string of the molecule is CCOC(=O)c1cn(-c2ccc3c(c2)CCC3)c2nc(NCCCN3CCCC3)ncc2c1=O. The molecule has 1 N–H and O–H groups in total. The van der Waals surface area contributed by atoms with Gasteiger partial charge in [-0.05, 0) is 88.3 Å². The Morgan fingerprint density at radius 2 is 1.97 bits per heavy atom. The summed E-state index contributed by atoms with van der Waals surface area (Å²) in [6.45, 7) is 6.11. The zero-order chi connectivity index (χ0) is 23.5. The van der Waals surface area contributed by atoms with Crippen molar-refractivity contribution in [3.05, 3.63) is 57.5 Å². The van der Waals surface area contributed by atoms with Crippen LogP contribution >= 0.6 is 0 Å². The largest absolute Gasteiger partial charge is 0.462 e. The Balaban J connectivity index is 1.49. The van der Waals surface area contributed by atoms with E-state index < -0.39 is 11.4 Å². The summed E-state index contributed by atoms with van der Waals surface area (Å²) in [6.07, 6.45) is 9.91. The zero-order valence-corrected chi connectivity index (χ0v) is 19.7. The van der Waals surface area contributed by atoms with Gasteiger partial charge in [-0.3, -0.25) is 4.79 Å². The van der Waals surface area contributed by atoms with Gasteiger partial charge in [0.2, 0.25) is 11.4 Å². The average molecular weight is 462 g/mol. The second kappa shape index (κ2) is 9.93. The molecule has 0 unspecified atom stereocenters. The van der Waals surface area contributed by atoms with E-state index in [2.05, 4.69) is 27.3 Å². The molecule has 3 aromatic rings. The summed E-state index contributed by atoms with van der Waals surface area (Å²) in [4.78, 5) is 37.2. The zero-order valence-electron chi connectivity index (χ0n) is 19.7. The van der Waals surface area contributed by atoms with E-state index in [1.807, 2.05) is 10.6 Å². The number of anilines is 1. The van der Waals surface area contributed by atoms with Crippen LogP contribution < -0.4 is 10.7 Å². The molecular weight excluding hydrogens is 430 g/mol. The summed E-state index contributed by atoms with van der Waals surface area (Å²) in [7, 11) is 0. The maximum absolute atomic E-state index is 13.1. The van der Waals surface area contributed by atoms with Gasteiger partial charge in [-0.1, -0.05) is 6.07 Å². The van der Waals surface area contributed by atoms with E-state index in [1.54, 1.807) is 13.1 Å². The van der Waals surface area contributed by atoms with Crippen molar-refractivity contribution in [3.8, 4) is 5.69 Å². The van der Waals surface area contributed by atoms with Crippen molar-refractivity contribution in [3.63, 3.8) is 0 Å². The molecule has 1 aliphatic heterocycles. The molecule has 0 spiro atoms. The molecule has 0 atom stereocenters. The molecule has 34 heavy (non-hydrogen) atoms. The first kappa shape index (κ1) is 22.5. The molecule has 2 aliphatic rings. The lowest BCUT2D eigenvalue weighted by Gasteiger charge is -2.16. The number of carbonyl (C=O) groups is 1. The maximum atomic E-state index is 13.1. The first-order valence-corrected chi connectivity index (χ1v) is 12.3. The Labute approximate surface area is 199 Å². The maximum Gasteiger partial charge on any atom is 0.343 e. The Kier molecular flexibility index (Phi) is 6.58. The summed E-state index contributed by atoms with van der Waals surface area (Å²) in [6, 6.07) is 6.28. The minimum absolute atomic E-state index is 0.00947. The monoisotopic (exact) mass is 461 g/mol. The van der Waals surface area contributed by atoms with Crippen LogP contribution in [0.5, 0.6) is 0 Å². The van der Waals surface area contributed by atoms with Crippen LogP contribution in [-0.4, -0.2) is 58.2 Å². The molecule has 1 saturated heterocycles. The lowest BCUT2D eigenvalue weighted by molar-refractivity contribution is 0.0524. The highest BCUT2D eigenvalue weighted by molar-refractivity contribution is 5.93. The molecule has 3 heterocycles. The molecule has 0 bridgehead atoms. The number of nitrogens with zero attached hydrogens (tertiary/aromatic N) is 4. The summed E-state index contributed by atoms with van der Waals surface area (Å²) >= 11 is 0. The summed E-state index contributed by atoms with van der Waals surface area (Å²) in [5, 5.41) is 3.60. The number of ether oxygens (including phenoxy) is 1. The number of nitrogens with one attached hydrogen (secondary N) is 1. The van der Waals surface area contributed by atoms with E-state index in [-0.39, 0.29) is 12.2 Å². The van der Waals surface area contributed by atoms with Crippen LogP contribution in [0.3, 0.4) is 0 Å². The van der Waals surface area contributed by atoms with E-state index in [9.17, 15) is 9.59 Å². The van der Waals surface area contributed by atoms with E-state index in [0.29, 0.717) is 17.0 Å². The first-order valence-electron chi connectivity index (χ1n) is 12.3. The van der Waals surface area contributed by atoms with Crippen LogP contribution in [0.2, 0.25) is 0 Å². The second-order valence-corrected chi connectivity index (χ2v) is 9.03. The molecule has 5 rings (SSSR count). The minimum atomic E-state index is -0.631. The standard InChI is InChI=1S/C26H31N5O3/c1-2-34-25(33)22-17-31(20-10-9-18-7-5-8-19(18)15-20)24-21(23(22)32)16-28-26(29-24)27-11-6-14-30-12-3-4-13-30/h9-10,15-17H,2-8,11-14H2,1H3,(H,27,28,29). The third kappa shape index (κ3) is 4.55. The van der Waals surface area contributed by atoms with E-state index in [1.165, 1.54) is 43.3 Å². The van der Waals surface area contributed by atoms with Crippen LogP contribution in [0.1, 0.15) is 54.1 Å². The van der Waals surface area contributed by atoms with Crippen molar-refractivity contribution in [1.82, 2.24) is 19.4 Å². The number of likely N-dealkylation sites (tertiary alicyclic amines) is 1. The quantitative estimate of drug-likeness (QED) is 0.406. The van der Waals surface area contributed by atoms with E-state index in [4.69, 9.17) is 9.72 Å². The van der Waals surface area contributed by atoms with Crippen molar-refractivity contribution < 1.29 is 9.53 Å². The van der Waals surface area contributed by atoms with Crippen molar-refractivity contribution in [2.24, 2.45) is 0 Å². The van der Waals surface area contributed by atoms with Crippen LogP contribution in [-0.2, 0) is 17.6 Å². The third-order valence-electron chi connectivity index (χ3n) is 6.73. The topological polar surface area (TPSA) is 89.3 Å². The Morgan fingerprint density at radius 1 is 1.15 bits per heavy atom. The van der Waals surface area contributed by atoms with E-state index in [0.717, 1.165) is 44.5 Å². The second-order valence-electron chi connectivity index (χ2n) is 9.03. The number of fused-ring (bicyclic) bond motifs is 2. The highest BCUT2D eigenvalue weighted by Crippen LogP contribution is 2.26. The third-order valence-corrected chi connectivity index (χ3v) is 6.73. The number of hydrogen-bond acceptors (Lipinski definition) is 7. The Bertz CT molecular complexity index is 1260. The molecule has 0 amide bonds. The molecule has 2 aromatic heterocycles. The minimum Gasteiger partial charge on any atom is -0.462 e. The number of carbonyl (C=O) groups excluding carboxylic acids is 1. The van der Waals surface area contributed by atoms with Gasteiger partial charge in [0.1, 0.15) is 5.56 Å². The van der Waals surface area contributed by atoms with Gasteiger partial charge in [-0.25, -0.2) is 9.78 Å². The molecule has 178 valence electrons. The van der Waals surface area contributed by atoms with Gasteiger partial charge in [-0.15, -0.1) is 0 Å². The number of hydrogen-bond donors (Lipinski definition) is 1. The van der Waals surface area contributed by atoms with Gasteiger partial charge in [0.05, 0.1) is 12.0 Å². The fraction of sp³-hybridized carbons (Fsp3) is 0.462. The van der Waals surface area contributed by atoms with Crippen molar-refractivity contribution in [2.75, 3.05) is 38.1 Å². The predicted octanol–water partition coefficient (Wildman–Crippen LogP) is 3.34. The van der Waals surface area contributed by atoms with E-state index >= 15 is 0 Å². The fourth-order valence-corrected chi connectivity index (χ4v) is 4.96. The van der Waals surface area contributed by atoms with Crippen LogP contribution in [0.25, 0.3) is 16.7 Å². The molecule has 0 saturated carbocycles. The lowest BCUT2D eigenvalue weighted by atomic mass is 10.1. The molecule has 1 fully saturated rings. The highest BCUT2D eigenvalue weighted by Gasteiger charge is 2.20. The van der Waals surface area contributed by atoms with Gasteiger partial charge >= 0.3 is 5.97 Å². The highest BCUT2D eigenvalue weighted by atomic mass is 16.5. The molecule has 8 heteroatoms. The normalized spacial score (nSPS) is 15.6. The van der Waals surface area contributed by atoms with Crippen molar-refractivity contribution in [1.29, 1.82) is 0 Å². The van der Waals surface area contributed by atoms with Crippen LogP contribution in [0.15, 0.2) is 35.4 Å². The molecule has 1 aromatic carbocycles. The average Bonchev–Trinajstić information content (AvgIpc) is 3.54. The number of benzene rings is 1. The van der Waals surface area contributed by atoms with Crippen molar-refractivity contribution >= 4 is 23.0 Å². The molecule has 8 nitrogen and oxygen atoms in total. The Morgan fingerprint density at radius 3 is 2.79 bits per heavy atom. The first-order chi connectivity index (χ1) is 16.6. The summed E-state index contributed by atoms with van der Waals surface area (Å²) in [5.74, 6) is -0.152. The van der Waals surface area contributed by atoms with Gasteiger partial charge in [-0.2, -0.15) is 4.98 Å². The lowest BCUT2D eigenvalue weighted by Crippen LogP contribution is -2.23. The summed E-state index contributed by atoms with van der Waals surface area (Å²) < 4.78 is 6.96. The number of esters is 1. The number of aromatic nitrogens is 3. The van der Waals surface area contributed by atoms with Gasteiger partial charge in [0.25, 0.3) is 0 Å². The van der Waals surface area contributed by atoms with Gasteiger partial charge in [0.15, 0.2) is 5.65 Å². The molecular formula is C26H31N5O3. The Hall–Kier alpha value is -3.26.